The Morgan fingerprint density at radius 2 is 0.902 bits per heavy atom. The Bertz CT molecular complexity index is 4290. The predicted molar refractivity (Wildman–Crippen MR) is 384 cm³/mol. The summed E-state index contributed by atoms with van der Waals surface area (Å²) in [5.74, 6) is -13.0. The van der Waals surface area contributed by atoms with Gasteiger partial charge in [-0.1, -0.05) is 91.6 Å². The number of carbonyl (C=O) groups excluding carboxylic acids is 4. The van der Waals surface area contributed by atoms with Gasteiger partial charge >= 0.3 is 41.9 Å². The predicted octanol–water partition coefficient (Wildman–Crippen LogP) is 16.0. The first kappa shape index (κ1) is 86.3. The number of nitrogens with one attached hydrogen (secondary N) is 1. The summed E-state index contributed by atoms with van der Waals surface area (Å²) in [6, 6.07) is 16.5. The first-order valence-electron chi connectivity index (χ1n) is 30.8. The SMILES string of the molecule is C=CC(F)(F)c1nc2ccc(Cl)cc2[nH]c1=O.C=CC(F)(F)c1nc2ccc(Cl)cc2nc1Cl.C=CC(F)(F)c1nc2ccc(Cl)cc2nc1O[C@H]1CN(C(=O)OC(C)(C)C)[C@H](C(=O)OC(C)(C)C)[C@@H]1C.C[C@H]1[C@@H](C(=O)OC(C)(C)C)N(C(=O)OC(C)(C)C)C[C@@H]1O.Nc1ccc(Cl)cc1N.[B]. The molecule has 0 saturated carbocycles. The van der Waals surface area contributed by atoms with Gasteiger partial charge in [0.2, 0.25) is 5.88 Å². The highest BCUT2D eigenvalue weighted by atomic mass is 35.5. The van der Waals surface area contributed by atoms with E-state index in [1.54, 1.807) is 121 Å². The number of anilines is 2. The van der Waals surface area contributed by atoms with Gasteiger partial charge in [-0.25, -0.2) is 44.1 Å². The number of H-pyrrole nitrogens is 1. The van der Waals surface area contributed by atoms with E-state index in [1.807, 2.05) is 0 Å². The van der Waals surface area contributed by atoms with Crippen LogP contribution in [0.15, 0.2) is 116 Å². The number of rotatable bonds is 10. The van der Waals surface area contributed by atoms with Crippen molar-refractivity contribution in [1.82, 2.24) is 39.7 Å². The molecule has 2 aliphatic rings. The number of nitrogens with two attached hydrogens (primary N) is 2. The number of nitrogen functional groups attached to an aromatic ring is 2. The molecule has 102 heavy (non-hydrogen) atoms. The van der Waals surface area contributed by atoms with Gasteiger partial charge in [-0.2, -0.15) is 26.3 Å². The minimum atomic E-state index is -3.56. The van der Waals surface area contributed by atoms with Gasteiger partial charge in [0.15, 0.2) is 22.2 Å². The van der Waals surface area contributed by atoms with Crippen molar-refractivity contribution >= 4 is 135 Å². The van der Waals surface area contributed by atoms with Gasteiger partial charge in [0.1, 0.15) is 40.6 Å². The van der Waals surface area contributed by atoms with Gasteiger partial charge in [0, 0.05) is 40.3 Å². The molecule has 5 heterocycles. The second-order valence-corrected chi connectivity index (χ2v) is 29.1. The summed E-state index contributed by atoms with van der Waals surface area (Å²) in [5, 5.41) is 11.4. The van der Waals surface area contributed by atoms with E-state index in [0.717, 1.165) is 0 Å². The van der Waals surface area contributed by atoms with Gasteiger partial charge in [0.25, 0.3) is 5.56 Å². The summed E-state index contributed by atoms with van der Waals surface area (Å²) < 4.78 is 111. The summed E-state index contributed by atoms with van der Waals surface area (Å²) in [6.45, 7) is 33.3. The Morgan fingerprint density at radius 3 is 1.35 bits per heavy atom. The van der Waals surface area contributed by atoms with Gasteiger partial charge in [-0.05, 0) is 174 Å². The van der Waals surface area contributed by atoms with Crippen LogP contribution in [0.25, 0.3) is 33.1 Å². The van der Waals surface area contributed by atoms with Crippen LogP contribution < -0.4 is 21.8 Å². The minimum absolute atomic E-state index is 0. The zero-order chi connectivity index (χ0) is 76.6. The number of esters is 2. The number of alkyl halides is 6. The number of aliphatic hydroxyl groups excluding tert-OH is 1. The highest BCUT2D eigenvalue weighted by Gasteiger charge is 2.51. The van der Waals surface area contributed by atoms with Crippen molar-refractivity contribution in [2.45, 2.75) is 161 Å². The average Bonchev–Trinajstić information content (AvgIpc) is 1.58. The Hall–Kier alpha value is -8.15. The van der Waals surface area contributed by atoms with Crippen LogP contribution in [0.1, 0.15) is 114 Å². The summed E-state index contributed by atoms with van der Waals surface area (Å²) in [6.07, 6.45) is -1.74. The van der Waals surface area contributed by atoms with Crippen molar-refractivity contribution in [2.24, 2.45) is 11.8 Å². The maximum Gasteiger partial charge on any atom is 0.411 e. The number of hydrogen-bond acceptors (Lipinski definition) is 18. The zero-order valence-electron chi connectivity index (χ0n) is 58.2. The van der Waals surface area contributed by atoms with E-state index < -0.39 is 129 Å². The van der Waals surface area contributed by atoms with E-state index in [2.05, 4.69) is 49.6 Å². The smallest absolute Gasteiger partial charge is 0.411 e. The molecule has 21 nitrogen and oxygen atoms in total. The van der Waals surface area contributed by atoms with E-state index in [9.17, 15) is 55.4 Å². The number of nitrogens with zero attached hydrogens (tertiary/aromatic N) is 7. The number of aromatic amines is 1. The molecule has 3 aromatic heterocycles. The third-order valence-corrected chi connectivity index (χ3v) is 15.2. The van der Waals surface area contributed by atoms with Gasteiger partial charge in [-0.15, -0.1) is 0 Å². The maximum absolute atomic E-state index is 14.8. The van der Waals surface area contributed by atoms with Crippen LogP contribution in [0.5, 0.6) is 5.88 Å². The Kier molecular flexibility index (Phi) is 28.7. The Morgan fingerprint density at radius 1 is 0.520 bits per heavy atom. The number of likely N-dealkylation sites (tertiary alicyclic amines) is 2. The lowest BCUT2D eigenvalue weighted by atomic mass is 10.00. The summed E-state index contributed by atoms with van der Waals surface area (Å²) in [5.41, 5.74) is 7.43. The number of β-amino-alcohol motifs (C(OH)–C–C–N with tert-alkyl or cyclic N) is 1. The minimum Gasteiger partial charge on any atom is -0.471 e. The highest BCUT2D eigenvalue weighted by Crippen LogP contribution is 2.40. The van der Waals surface area contributed by atoms with Crippen LogP contribution in [0.4, 0.5) is 47.3 Å². The molecule has 0 aliphatic carbocycles. The molecule has 2 fully saturated rings. The van der Waals surface area contributed by atoms with Gasteiger partial charge in [-0.3, -0.25) is 14.6 Å². The van der Waals surface area contributed by atoms with Crippen molar-refractivity contribution in [3.63, 3.8) is 0 Å². The second-order valence-electron chi connectivity index (χ2n) is 27.0. The number of aromatic nitrogens is 6. The molecule has 3 radical (unpaired) electrons. The molecule has 2 amide bonds. The van der Waals surface area contributed by atoms with E-state index in [1.165, 1.54) is 58.3 Å². The number of ether oxygens (including phenoxy) is 5. The topological polar surface area (TPSA) is 290 Å². The lowest BCUT2D eigenvalue weighted by molar-refractivity contribution is -0.162. The molecule has 0 bridgehead atoms. The molecule has 0 spiro atoms. The lowest BCUT2D eigenvalue weighted by Crippen LogP contribution is -2.47. The number of carbonyl (C=O) groups is 4. The number of benzene rings is 4. The highest BCUT2D eigenvalue weighted by molar-refractivity contribution is 6.32. The number of halogens is 11. The molecular formula is C69H79BCl5F6N10O11. The van der Waals surface area contributed by atoms with Crippen LogP contribution >= 0.6 is 58.0 Å². The lowest BCUT2D eigenvalue weighted by Gasteiger charge is -2.30. The zero-order valence-corrected chi connectivity index (χ0v) is 62.0. The van der Waals surface area contributed by atoms with E-state index in [0.29, 0.717) is 66.2 Å². The molecule has 6 N–H and O–H groups in total. The molecule has 0 unspecified atom stereocenters. The van der Waals surface area contributed by atoms with Crippen molar-refractivity contribution in [1.29, 1.82) is 0 Å². The third-order valence-electron chi connectivity index (χ3n) is 14.0. The van der Waals surface area contributed by atoms with Crippen molar-refractivity contribution in [2.75, 3.05) is 24.6 Å². The number of allylic oxidation sites excluding steroid dienone is 3. The molecule has 6 atom stereocenters. The van der Waals surface area contributed by atoms with Crippen molar-refractivity contribution < 1.29 is 74.3 Å². The molecule has 551 valence electrons. The van der Waals surface area contributed by atoms with Crippen LogP contribution in [0.3, 0.4) is 0 Å². The molecule has 2 saturated heterocycles. The largest absolute Gasteiger partial charge is 0.471 e. The normalized spacial score (nSPS) is 17.7. The van der Waals surface area contributed by atoms with E-state index >= 15 is 0 Å². The van der Waals surface area contributed by atoms with Crippen molar-refractivity contribution in [3.05, 3.63) is 163 Å². The number of amides is 2. The molecule has 33 heteroatoms. The first-order valence-corrected chi connectivity index (χ1v) is 32.7. The van der Waals surface area contributed by atoms with E-state index in [-0.39, 0.29) is 43.2 Å². The monoisotopic (exact) mass is 1520 g/mol. The molecule has 2 aliphatic heterocycles. The average molecular weight is 1530 g/mol. The van der Waals surface area contributed by atoms with Crippen LogP contribution in [-0.2, 0) is 46.3 Å². The maximum atomic E-state index is 14.8. The quantitative estimate of drug-likeness (QED) is 0.0247. The summed E-state index contributed by atoms with van der Waals surface area (Å²) in [4.78, 5) is 86.5. The summed E-state index contributed by atoms with van der Waals surface area (Å²) in [7, 11) is 0. The fourth-order valence-corrected chi connectivity index (χ4v) is 10.2. The molecule has 4 aromatic carbocycles. The second kappa shape index (κ2) is 34.0. The Labute approximate surface area is 612 Å². The first-order chi connectivity index (χ1) is 46.3. The van der Waals surface area contributed by atoms with Crippen molar-refractivity contribution in [3.8, 4) is 5.88 Å². The molecule has 7 aromatic rings. The summed E-state index contributed by atoms with van der Waals surface area (Å²) >= 11 is 28.8. The number of aliphatic hydroxyl groups is 1. The Balaban J connectivity index is 0.000000290. The van der Waals surface area contributed by atoms with Crippen LogP contribution in [0, 0.1) is 11.8 Å². The molecular weight excluding hydrogens is 1450 g/mol. The third kappa shape index (κ3) is 23.7. The van der Waals surface area contributed by atoms with Crippen LogP contribution in [0.2, 0.25) is 25.2 Å². The van der Waals surface area contributed by atoms with Gasteiger partial charge < -0.3 is 45.2 Å². The fourth-order valence-electron chi connectivity index (χ4n) is 9.30. The standard InChI is InChI=1S/C26H32ClF2N3O5.C15H27NO5.C11H6Cl2F2N2.C11H7ClF2N2O.C6H7ClN2.B/c1-9-26(28,29)20-21(31-17-12-15(27)10-11-16(17)30-20)35-18-13-32(23(34)37-25(6,7)8)19(14(18)2)22(33)36-24(3,4)5;1-9-10(17)8-16(13(19)21-15(5,6)7)11(9)12(18)20-14(2,3)4;1-2-11(14,15)9-10(13)17-8-5-6(12)3-4-7(8)16-9;1-2-11(13,14)9-10(17)16-8-5-6(12)3-4-7(8)15-9;7-4-1-2-5(8)6(9)3-4;/h9-12,14,18-19H,1,13H2,2-8H3;9-11,17H,8H2,1-7H3;2-5H,1H2;2-5H,1H2,(H,16,17);1-3H,8-9H2;/t14-,18+,19+;9-,10+,11+;;;;/m11..../s1. The number of fused-ring (bicyclic) bond motifs is 3. The fraction of sp³-hybridized carbons (Fsp3) is 0.420. The van der Waals surface area contributed by atoms with Crippen LogP contribution in [-0.4, -0.2) is 137 Å². The van der Waals surface area contributed by atoms with E-state index in [4.69, 9.17) is 93.2 Å². The molecule has 9 rings (SSSR count). The number of hydrogen-bond donors (Lipinski definition) is 4. The van der Waals surface area contributed by atoms with Gasteiger partial charge in [0.05, 0.1) is 63.7 Å².